The third-order valence-corrected chi connectivity index (χ3v) is 2.69. The van der Waals surface area contributed by atoms with E-state index in [4.69, 9.17) is 4.74 Å². The summed E-state index contributed by atoms with van der Waals surface area (Å²) in [7, 11) is 0. The van der Waals surface area contributed by atoms with Gasteiger partial charge in [0.1, 0.15) is 5.69 Å². The molecular weight excluding hydrogens is 252 g/mol. The summed E-state index contributed by atoms with van der Waals surface area (Å²) in [5.41, 5.74) is 0.493. The van der Waals surface area contributed by atoms with E-state index >= 15 is 0 Å². The van der Waals surface area contributed by atoms with E-state index in [-0.39, 0.29) is 18.7 Å². The molecule has 0 saturated carbocycles. The van der Waals surface area contributed by atoms with E-state index in [9.17, 15) is 13.6 Å². The monoisotopic (exact) mass is 265 g/mol. The number of halogens is 2. The molecule has 0 saturated heterocycles. The average molecular weight is 265 g/mol. The van der Waals surface area contributed by atoms with Gasteiger partial charge in [-0.05, 0) is 25.1 Å². The summed E-state index contributed by atoms with van der Waals surface area (Å²) in [5, 5.41) is 0. The van der Waals surface area contributed by atoms with Gasteiger partial charge in [-0.1, -0.05) is 12.1 Å². The van der Waals surface area contributed by atoms with Crippen LogP contribution in [0.3, 0.4) is 0 Å². The minimum Gasteiger partial charge on any atom is -0.461 e. The van der Waals surface area contributed by atoms with Gasteiger partial charge < -0.3 is 9.30 Å². The zero-order chi connectivity index (χ0) is 13.8. The number of aromatic nitrogens is 1. The highest BCUT2D eigenvalue weighted by Crippen LogP contribution is 2.15. The number of nitrogens with zero attached hydrogens (tertiary/aromatic N) is 1. The van der Waals surface area contributed by atoms with Crippen LogP contribution in [0.2, 0.25) is 0 Å². The lowest BCUT2D eigenvalue weighted by Gasteiger charge is -2.09. The second-order valence-electron chi connectivity index (χ2n) is 3.95. The van der Waals surface area contributed by atoms with Gasteiger partial charge in [0.25, 0.3) is 0 Å². The van der Waals surface area contributed by atoms with Crippen LogP contribution in [0.25, 0.3) is 0 Å². The third kappa shape index (κ3) is 2.81. The van der Waals surface area contributed by atoms with Crippen molar-refractivity contribution >= 4 is 5.97 Å². The predicted molar refractivity (Wildman–Crippen MR) is 65.8 cm³/mol. The number of ether oxygens (including phenoxy) is 1. The quantitative estimate of drug-likeness (QED) is 0.796. The molecule has 0 aliphatic carbocycles. The molecule has 0 spiro atoms. The maximum atomic E-state index is 13.6. The van der Waals surface area contributed by atoms with Crippen molar-refractivity contribution in [1.29, 1.82) is 0 Å². The van der Waals surface area contributed by atoms with E-state index in [1.807, 2.05) is 0 Å². The molecule has 100 valence electrons. The van der Waals surface area contributed by atoms with Crippen LogP contribution in [-0.2, 0) is 11.3 Å². The van der Waals surface area contributed by atoms with Crippen molar-refractivity contribution in [2.24, 2.45) is 0 Å². The maximum absolute atomic E-state index is 13.6. The number of carbonyl (C=O) groups is 1. The number of rotatable bonds is 4. The molecule has 1 heterocycles. The van der Waals surface area contributed by atoms with E-state index in [0.717, 1.165) is 6.07 Å². The Balaban J connectivity index is 2.27. The van der Waals surface area contributed by atoms with Crippen molar-refractivity contribution in [1.82, 2.24) is 4.57 Å². The van der Waals surface area contributed by atoms with E-state index in [0.29, 0.717) is 5.69 Å². The van der Waals surface area contributed by atoms with Gasteiger partial charge in [0.2, 0.25) is 0 Å². The van der Waals surface area contributed by atoms with Crippen LogP contribution in [0.1, 0.15) is 23.0 Å². The molecule has 1 aromatic heterocycles. The Labute approximate surface area is 109 Å². The van der Waals surface area contributed by atoms with Gasteiger partial charge in [0.15, 0.2) is 11.6 Å². The minimum atomic E-state index is -0.901. The van der Waals surface area contributed by atoms with Crippen molar-refractivity contribution < 1.29 is 18.3 Å². The Morgan fingerprint density at radius 2 is 2.05 bits per heavy atom. The number of esters is 1. The van der Waals surface area contributed by atoms with E-state index < -0.39 is 17.6 Å². The number of hydrogen-bond donors (Lipinski definition) is 0. The van der Waals surface area contributed by atoms with Crippen molar-refractivity contribution in [3.8, 4) is 0 Å². The summed E-state index contributed by atoms with van der Waals surface area (Å²) in [5.74, 6) is -2.28. The summed E-state index contributed by atoms with van der Waals surface area (Å²) in [4.78, 5) is 11.7. The first-order chi connectivity index (χ1) is 9.13. The Morgan fingerprint density at radius 1 is 1.26 bits per heavy atom. The van der Waals surface area contributed by atoms with Crippen LogP contribution < -0.4 is 0 Å². The summed E-state index contributed by atoms with van der Waals surface area (Å²) in [6, 6.07) is 7.20. The Bertz CT molecular complexity index is 593. The van der Waals surface area contributed by atoms with Crippen LogP contribution >= 0.6 is 0 Å². The molecule has 0 amide bonds. The molecule has 0 unspecified atom stereocenters. The predicted octanol–water partition coefficient (Wildman–Crippen LogP) is 2.99. The highest BCUT2D eigenvalue weighted by molar-refractivity contribution is 5.87. The molecule has 2 rings (SSSR count). The molecule has 0 atom stereocenters. The maximum Gasteiger partial charge on any atom is 0.354 e. The Morgan fingerprint density at radius 3 is 2.79 bits per heavy atom. The fourth-order valence-corrected chi connectivity index (χ4v) is 1.80. The molecule has 0 bridgehead atoms. The van der Waals surface area contributed by atoms with Gasteiger partial charge in [-0.3, -0.25) is 0 Å². The molecule has 2 aromatic rings. The van der Waals surface area contributed by atoms with Gasteiger partial charge in [-0.2, -0.15) is 0 Å². The van der Waals surface area contributed by atoms with Crippen LogP contribution in [0.15, 0.2) is 36.5 Å². The summed E-state index contributed by atoms with van der Waals surface area (Å²) in [6.45, 7) is 2.04. The number of carbonyl (C=O) groups excluding carboxylic acids is 1. The molecule has 3 nitrogen and oxygen atoms in total. The molecule has 0 aliphatic rings. The van der Waals surface area contributed by atoms with E-state index in [2.05, 4.69) is 0 Å². The van der Waals surface area contributed by atoms with Crippen molar-refractivity contribution in [2.75, 3.05) is 6.61 Å². The average Bonchev–Trinajstić information content (AvgIpc) is 2.83. The number of hydrogen-bond acceptors (Lipinski definition) is 2. The second kappa shape index (κ2) is 5.65. The van der Waals surface area contributed by atoms with Crippen LogP contribution in [-0.4, -0.2) is 17.1 Å². The second-order valence-corrected chi connectivity index (χ2v) is 3.95. The summed E-state index contributed by atoms with van der Waals surface area (Å²) in [6.07, 6.45) is 1.62. The van der Waals surface area contributed by atoms with E-state index in [1.54, 1.807) is 25.3 Å². The Hall–Kier alpha value is -2.17. The fraction of sp³-hybridized carbons (Fsp3) is 0.214. The smallest absolute Gasteiger partial charge is 0.354 e. The standard InChI is InChI=1S/C14H13F2NO2/c1-2-19-14(18)12-7-4-8-17(12)9-10-5-3-6-11(15)13(10)16/h3-8H,2,9H2,1H3. The van der Waals surface area contributed by atoms with Gasteiger partial charge in [-0.15, -0.1) is 0 Å². The van der Waals surface area contributed by atoms with Gasteiger partial charge in [0, 0.05) is 11.8 Å². The molecule has 19 heavy (non-hydrogen) atoms. The van der Waals surface area contributed by atoms with Gasteiger partial charge >= 0.3 is 5.97 Å². The molecule has 5 heteroatoms. The molecule has 0 radical (unpaired) electrons. The van der Waals surface area contributed by atoms with Crippen LogP contribution in [0.5, 0.6) is 0 Å². The Kier molecular flexibility index (Phi) is 3.94. The largest absolute Gasteiger partial charge is 0.461 e. The summed E-state index contributed by atoms with van der Waals surface area (Å²) >= 11 is 0. The lowest BCUT2D eigenvalue weighted by molar-refractivity contribution is 0.0514. The molecule has 0 fully saturated rings. The highest BCUT2D eigenvalue weighted by atomic mass is 19.2. The molecule has 0 N–H and O–H groups in total. The molecule has 0 aliphatic heterocycles. The fourth-order valence-electron chi connectivity index (χ4n) is 1.80. The van der Waals surface area contributed by atoms with Gasteiger partial charge in [0.05, 0.1) is 13.2 Å². The first kappa shape index (κ1) is 13.3. The lowest BCUT2D eigenvalue weighted by atomic mass is 10.2. The van der Waals surface area contributed by atoms with Crippen LogP contribution in [0, 0.1) is 11.6 Å². The normalized spacial score (nSPS) is 10.5. The first-order valence-electron chi connectivity index (χ1n) is 5.88. The first-order valence-corrected chi connectivity index (χ1v) is 5.88. The molecule has 1 aromatic carbocycles. The minimum absolute atomic E-state index is 0.0741. The lowest BCUT2D eigenvalue weighted by Crippen LogP contribution is -2.13. The topological polar surface area (TPSA) is 31.2 Å². The highest BCUT2D eigenvalue weighted by Gasteiger charge is 2.14. The third-order valence-electron chi connectivity index (χ3n) is 2.69. The summed E-state index contributed by atoms with van der Waals surface area (Å²) < 4.78 is 33.1. The van der Waals surface area contributed by atoms with Gasteiger partial charge in [-0.25, -0.2) is 13.6 Å². The van der Waals surface area contributed by atoms with E-state index in [1.165, 1.54) is 16.7 Å². The van der Waals surface area contributed by atoms with Crippen LogP contribution in [0.4, 0.5) is 8.78 Å². The zero-order valence-electron chi connectivity index (χ0n) is 10.4. The van der Waals surface area contributed by atoms with Crippen molar-refractivity contribution in [3.63, 3.8) is 0 Å². The van der Waals surface area contributed by atoms with Crippen molar-refractivity contribution in [3.05, 3.63) is 59.4 Å². The SMILES string of the molecule is CCOC(=O)c1cccn1Cc1cccc(F)c1F. The number of benzene rings is 1. The zero-order valence-corrected chi connectivity index (χ0v) is 10.4. The van der Waals surface area contributed by atoms with Crippen molar-refractivity contribution in [2.45, 2.75) is 13.5 Å². The molecular formula is C14H13F2NO2.